The molecule has 4 nitrogen and oxygen atoms in total. The Morgan fingerprint density at radius 2 is 1.61 bits per heavy atom. The van der Waals surface area contributed by atoms with Crippen molar-refractivity contribution in [3.63, 3.8) is 0 Å². The van der Waals surface area contributed by atoms with Crippen molar-refractivity contribution in [3.8, 4) is 0 Å². The Bertz CT molecular complexity index is 1130. The van der Waals surface area contributed by atoms with Gasteiger partial charge in [0, 0.05) is 36.8 Å². The molecule has 4 rings (SSSR count). The Labute approximate surface area is 168 Å². The van der Waals surface area contributed by atoms with E-state index >= 15 is 0 Å². The van der Waals surface area contributed by atoms with E-state index in [1.54, 1.807) is 10.5 Å². The minimum atomic E-state index is -0.00579. The fraction of sp³-hybridized carbons (Fsp3) is 0.217. The standard InChI is InChI=1S/C23H23N3OS/c1-17-8-10-20(11-9-17)14-25(13-19-6-4-3-5-7-19)15-21-12-22(27)26-18(2)16-28-23(26)24-21/h3-12,16H,13-15H2,1-2H3. The van der Waals surface area contributed by atoms with E-state index in [1.807, 2.05) is 18.4 Å². The first-order valence-electron chi connectivity index (χ1n) is 9.37. The van der Waals surface area contributed by atoms with Crippen molar-refractivity contribution in [2.24, 2.45) is 0 Å². The molecule has 0 saturated carbocycles. The van der Waals surface area contributed by atoms with Crippen LogP contribution in [0.3, 0.4) is 0 Å². The van der Waals surface area contributed by atoms with Gasteiger partial charge in [0.1, 0.15) is 0 Å². The van der Waals surface area contributed by atoms with Crippen LogP contribution in [0.2, 0.25) is 0 Å². The number of nitrogens with zero attached hydrogens (tertiary/aromatic N) is 3. The molecule has 142 valence electrons. The Kier molecular flexibility index (Phi) is 5.37. The number of hydrogen-bond acceptors (Lipinski definition) is 4. The summed E-state index contributed by atoms with van der Waals surface area (Å²) in [4.78, 5) is 20.4. The predicted octanol–water partition coefficient (Wildman–Crippen LogP) is 4.58. The van der Waals surface area contributed by atoms with Crippen molar-refractivity contribution in [2.75, 3.05) is 0 Å². The number of rotatable bonds is 6. The minimum Gasteiger partial charge on any atom is -0.289 e. The quantitative estimate of drug-likeness (QED) is 0.485. The van der Waals surface area contributed by atoms with Gasteiger partial charge in [0.05, 0.1) is 5.69 Å². The number of benzene rings is 2. The second-order valence-corrected chi connectivity index (χ2v) is 8.03. The van der Waals surface area contributed by atoms with Crippen LogP contribution in [0.4, 0.5) is 0 Å². The van der Waals surface area contributed by atoms with Crippen LogP contribution in [0.15, 0.2) is 70.8 Å². The highest BCUT2D eigenvalue weighted by molar-refractivity contribution is 7.15. The van der Waals surface area contributed by atoms with E-state index < -0.39 is 0 Å². The molecule has 5 heteroatoms. The first-order valence-corrected chi connectivity index (χ1v) is 10.2. The molecule has 0 aliphatic heterocycles. The molecule has 0 fully saturated rings. The summed E-state index contributed by atoms with van der Waals surface area (Å²) >= 11 is 1.51. The molecule has 4 aromatic rings. The van der Waals surface area contributed by atoms with Crippen molar-refractivity contribution in [3.05, 3.63) is 104 Å². The predicted molar refractivity (Wildman–Crippen MR) is 115 cm³/mol. The van der Waals surface area contributed by atoms with Gasteiger partial charge in [-0.25, -0.2) is 4.98 Å². The molecule has 0 saturated heterocycles. The molecular formula is C23H23N3OS. The van der Waals surface area contributed by atoms with Crippen LogP contribution in [0.1, 0.15) is 28.1 Å². The lowest BCUT2D eigenvalue weighted by atomic mass is 10.1. The number of aryl methyl sites for hydroxylation is 2. The molecule has 0 radical (unpaired) electrons. The van der Waals surface area contributed by atoms with E-state index in [0.717, 1.165) is 29.4 Å². The molecule has 0 aliphatic rings. The first kappa shape index (κ1) is 18.6. The van der Waals surface area contributed by atoms with Crippen molar-refractivity contribution in [2.45, 2.75) is 33.5 Å². The minimum absolute atomic E-state index is 0.00579. The van der Waals surface area contributed by atoms with E-state index in [4.69, 9.17) is 4.98 Å². The second kappa shape index (κ2) is 8.09. The largest absolute Gasteiger partial charge is 0.289 e. The average Bonchev–Trinajstić information content (AvgIpc) is 3.05. The smallest absolute Gasteiger partial charge is 0.259 e. The zero-order chi connectivity index (χ0) is 19.5. The van der Waals surface area contributed by atoms with Gasteiger partial charge in [-0.3, -0.25) is 14.1 Å². The Morgan fingerprint density at radius 1 is 0.929 bits per heavy atom. The van der Waals surface area contributed by atoms with Gasteiger partial charge in [0.25, 0.3) is 5.56 Å². The topological polar surface area (TPSA) is 37.6 Å². The lowest BCUT2D eigenvalue weighted by molar-refractivity contribution is 0.244. The molecule has 2 aromatic heterocycles. The summed E-state index contributed by atoms with van der Waals surface area (Å²) in [5.74, 6) is 0. The van der Waals surface area contributed by atoms with Gasteiger partial charge in [-0.15, -0.1) is 11.3 Å². The Balaban J connectivity index is 1.62. The second-order valence-electron chi connectivity index (χ2n) is 7.20. The molecule has 2 aromatic carbocycles. The highest BCUT2D eigenvalue weighted by Crippen LogP contribution is 2.16. The summed E-state index contributed by atoms with van der Waals surface area (Å²) in [6.07, 6.45) is 0. The zero-order valence-electron chi connectivity index (χ0n) is 16.1. The molecule has 0 aliphatic carbocycles. The molecule has 0 spiro atoms. The van der Waals surface area contributed by atoms with E-state index in [0.29, 0.717) is 6.54 Å². The fourth-order valence-corrected chi connectivity index (χ4v) is 4.26. The van der Waals surface area contributed by atoms with Gasteiger partial charge >= 0.3 is 0 Å². The molecule has 0 amide bonds. The maximum atomic E-state index is 12.5. The van der Waals surface area contributed by atoms with Gasteiger partial charge in [-0.1, -0.05) is 60.2 Å². The van der Waals surface area contributed by atoms with Crippen molar-refractivity contribution >= 4 is 16.3 Å². The number of hydrogen-bond donors (Lipinski definition) is 0. The molecule has 0 bridgehead atoms. The molecule has 0 atom stereocenters. The lowest BCUT2D eigenvalue weighted by Gasteiger charge is -2.22. The van der Waals surface area contributed by atoms with Crippen LogP contribution in [0.25, 0.3) is 4.96 Å². The maximum Gasteiger partial charge on any atom is 0.259 e. The summed E-state index contributed by atoms with van der Waals surface area (Å²) in [6, 6.07) is 20.7. The third-order valence-corrected chi connectivity index (χ3v) is 5.73. The van der Waals surface area contributed by atoms with E-state index in [-0.39, 0.29) is 5.56 Å². The fourth-order valence-electron chi connectivity index (χ4n) is 3.37. The van der Waals surface area contributed by atoms with Gasteiger partial charge < -0.3 is 0 Å². The van der Waals surface area contributed by atoms with Crippen LogP contribution in [-0.4, -0.2) is 14.3 Å². The van der Waals surface area contributed by atoms with Crippen LogP contribution < -0.4 is 5.56 Å². The first-order chi connectivity index (χ1) is 13.6. The van der Waals surface area contributed by atoms with Gasteiger partial charge in [0.15, 0.2) is 4.96 Å². The van der Waals surface area contributed by atoms with Crippen LogP contribution in [-0.2, 0) is 19.6 Å². The van der Waals surface area contributed by atoms with E-state index in [2.05, 4.69) is 60.4 Å². The number of fused-ring (bicyclic) bond motifs is 1. The Morgan fingerprint density at radius 3 is 2.32 bits per heavy atom. The van der Waals surface area contributed by atoms with E-state index in [9.17, 15) is 4.79 Å². The number of thiazole rings is 1. The van der Waals surface area contributed by atoms with Crippen LogP contribution in [0, 0.1) is 13.8 Å². The summed E-state index contributed by atoms with van der Waals surface area (Å²) in [5, 5.41) is 1.97. The van der Waals surface area contributed by atoms with E-state index in [1.165, 1.54) is 28.0 Å². The van der Waals surface area contributed by atoms with Gasteiger partial charge in [0.2, 0.25) is 0 Å². The van der Waals surface area contributed by atoms with Crippen molar-refractivity contribution in [1.29, 1.82) is 0 Å². The van der Waals surface area contributed by atoms with Gasteiger partial charge in [-0.2, -0.15) is 0 Å². The summed E-state index contributed by atoms with van der Waals surface area (Å²) in [5.41, 5.74) is 5.51. The zero-order valence-corrected chi connectivity index (χ0v) is 16.9. The molecule has 28 heavy (non-hydrogen) atoms. The normalized spacial score (nSPS) is 11.4. The van der Waals surface area contributed by atoms with Crippen LogP contribution >= 0.6 is 11.3 Å². The molecule has 2 heterocycles. The lowest BCUT2D eigenvalue weighted by Crippen LogP contribution is -2.25. The summed E-state index contributed by atoms with van der Waals surface area (Å²) < 4.78 is 1.68. The number of aromatic nitrogens is 2. The van der Waals surface area contributed by atoms with Crippen molar-refractivity contribution < 1.29 is 0 Å². The third-order valence-electron chi connectivity index (χ3n) is 4.79. The summed E-state index contributed by atoms with van der Waals surface area (Å²) in [6.45, 7) is 6.27. The maximum absolute atomic E-state index is 12.5. The van der Waals surface area contributed by atoms with Crippen LogP contribution in [0.5, 0.6) is 0 Å². The highest BCUT2D eigenvalue weighted by atomic mass is 32.1. The molecular weight excluding hydrogens is 366 g/mol. The van der Waals surface area contributed by atoms with Gasteiger partial charge in [-0.05, 0) is 25.0 Å². The summed E-state index contributed by atoms with van der Waals surface area (Å²) in [7, 11) is 0. The highest BCUT2D eigenvalue weighted by Gasteiger charge is 2.12. The molecule has 0 N–H and O–H groups in total. The molecule has 0 unspecified atom stereocenters. The third kappa shape index (κ3) is 4.21. The average molecular weight is 390 g/mol. The SMILES string of the molecule is Cc1ccc(CN(Cc2ccccc2)Cc2cc(=O)n3c(C)csc3n2)cc1. The monoisotopic (exact) mass is 389 g/mol. The Hall–Kier alpha value is -2.76. The van der Waals surface area contributed by atoms with Crippen molar-refractivity contribution in [1.82, 2.24) is 14.3 Å².